The van der Waals surface area contributed by atoms with Gasteiger partial charge in [0, 0.05) is 12.5 Å². The van der Waals surface area contributed by atoms with Gasteiger partial charge in [0.2, 0.25) is 5.91 Å². The minimum Gasteiger partial charge on any atom is -0.390 e. The van der Waals surface area contributed by atoms with Gasteiger partial charge in [-0.3, -0.25) is 9.89 Å². The number of nitrogens with zero attached hydrogens (tertiary/aromatic N) is 2. The highest BCUT2D eigenvalue weighted by atomic mass is 16.3. The van der Waals surface area contributed by atoms with Crippen LogP contribution in [0.4, 0.5) is 0 Å². The minimum atomic E-state index is -0.0438. The van der Waals surface area contributed by atoms with Crippen molar-refractivity contribution in [2.75, 3.05) is 6.54 Å². The van der Waals surface area contributed by atoms with E-state index in [4.69, 9.17) is 5.11 Å². The third-order valence-electron chi connectivity index (χ3n) is 3.44. The van der Waals surface area contributed by atoms with Crippen LogP contribution in [-0.2, 0) is 11.4 Å². The summed E-state index contributed by atoms with van der Waals surface area (Å²) in [6, 6.07) is 1.92. The molecule has 0 spiro atoms. The second-order valence-electron chi connectivity index (χ2n) is 5.17. The van der Waals surface area contributed by atoms with Gasteiger partial charge in [-0.2, -0.15) is 5.10 Å². The predicted octanol–water partition coefficient (Wildman–Crippen LogP) is 1.61. The number of likely N-dealkylation sites (tertiary alicyclic amines) is 1. The first-order valence-electron chi connectivity index (χ1n) is 6.59. The van der Waals surface area contributed by atoms with Crippen LogP contribution in [0.5, 0.6) is 0 Å². The van der Waals surface area contributed by atoms with E-state index in [1.54, 1.807) is 0 Å². The van der Waals surface area contributed by atoms with Crippen molar-refractivity contribution in [3.8, 4) is 0 Å². The Hall–Kier alpha value is -1.36. The Bertz CT molecular complexity index is 414. The second-order valence-corrected chi connectivity index (χ2v) is 5.17. The van der Waals surface area contributed by atoms with Gasteiger partial charge in [-0.25, -0.2) is 0 Å². The van der Waals surface area contributed by atoms with E-state index in [2.05, 4.69) is 10.2 Å². The van der Waals surface area contributed by atoms with E-state index in [1.165, 1.54) is 0 Å². The molecule has 2 N–H and O–H groups in total. The zero-order valence-corrected chi connectivity index (χ0v) is 11.0. The maximum absolute atomic E-state index is 12.2. The van der Waals surface area contributed by atoms with Gasteiger partial charge in [0.25, 0.3) is 0 Å². The lowest BCUT2D eigenvalue weighted by Crippen LogP contribution is -2.40. The average Bonchev–Trinajstić information content (AvgIpc) is 2.86. The quantitative estimate of drug-likeness (QED) is 0.857. The average molecular weight is 251 g/mol. The van der Waals surface area contributed by atoms with Crippen LogP contribution >= 0.6 is 0 Å². The number of piperidine rings is 1. The number of carbonyl (C=O) groups excluding carboxylic acids is 1. The molecule has 1 aliphatic rings. The number of hydrogen-bond acceptors (Lipinski definition) is 3. The lowest BCUT2D eigenvalue weighted by atomic mass is 9.97. The molecule has 0 aromatic carbocycles. The highest BCUT2D eigenvalue weighted by Gasteiger charge is 2.30. The molecule has 100 valence electrons. The molecule has 2 rings (SSSR count). The maximum Gasteiger partial charge on any atom is 0.225 e. The Morgan fingerprint density at radius 3 is 3.00 bits per heavy atom. The normalized spacial score (nSPS) is 20.4. The summed E-state index contributed by atoms with van der Waals surface area (Å²) in [5.74, 6) is 0.204. The molecule has 5 heteroatoms. The summed E-state index contributed by atoms with van der Waals surface area (Å²) in [6.45, 7) is 4.62. The first-order chi connectivity index (χ1) is 8.63. The molecule has 18 heavy (non-hydrogen) atoms. The van der Waals surface area contributed by atoms with Crippen LogP contribution < -0.4 is 0 Å². The van der Waals surface area contributed by atoms with Crippen molar-refractivity contribution in [3.05, 3.63) is 17.5 Å². The Labute approximate surface area is 107 Å². The molecule has 0 bridgehead atoms. The van der Waals surface area contributed by atoms with Crippen molar-refractivity contribution in [1.82, 2.24) is 15.1 Å². The predicted molar refractivity (Wildman–Crippen MR) is 67.7 cm³/mol. The number of aromatic nitrogens is 2. The molecule has 1 aromatic heterocycles. The molecule has 1 amide bonds. The number of nitrogens with one attached hydrogen (secondary N) is 1. The number of rotatable bonds is 3. The Balaban J connectivity index is 2.19. The van der Waals surface area contributed by atoms with E-state index in [1.807, 2.05) is 24.8 Å². The van der Waals surface area contributed by atoms with Gasteiger partial charge in [-0.05, 0) is 25.3 Å². The van der Waals surface area contributed by atoms with Crippen molar-refractivity contribution >= 4 is 5.91 Å². The fraction of sp³-hybridized carbons (Fsp3) is 0.692. The zero-order valence-electron chi connectivity index (χ0n) is 11.0. The monoisotopic (exact) mass is 251 g/mol. The number of hydrogen-bond donors (Lipinski definition) is 2. The van der Waals surface area contributed by atoms with Crippen LogP contribution in [0.2, 0.25) is 0 Å². The molecule has 1 aromatic rings. The number of aliphatic hydroxyl groups is 1. The summed E-state index contributed by atoms with van der Waals surface area (Å²) in [7, 11) is 0. The minimum absolute atomic E-state index is 0.0156. The number of carbonyl (C=O) groups is 1. The van der Waals surface area contributed by atoms with Crippen molar-refractivity contribution in [3.63, 3.8) is 0 Å². The van der Waals surface area contributed by atoms with E-state index >= 15 is 0 Å². The van der Waals surface area contributed by atoms with E-state index in [0.717, 1.165) is 31.5 Å². The van der Waals surface area contributed by atoms with Gasteiger partial charge in [-0.15, -0.1) is 0 Å². The van der Waals surface area contributed by atoms with Gasteiger partial charge in [0.05, 0.1) is 24.0 Å². The van der Waals surface area contributed by atoms with Crippen LogP contribution in [0.25, 0.3) is 0 Å². The summed E-state index contributed by atoms with van der Waals surface area (Å²) in [5.41, 5.74) is 1.57. The summed E-state index contributed by atoms with van der Waals surface area (Å²) < 4.78 is 0. The van der Waals surface area contributed by atoms with Crippen LogP contribution in [0, 0.1) is 5.92 Å². The van der Waals surface area contributed by atoms with Crippen molar-refractivity contribution in [2.24, 2.45) is 5.92 Å². The van der Waals surface area contributed by atoms with Gasteiger partial charge >= 0.3 is 0 Å². The SMILES string of the molecule is CC(C)C(=O)N1CCCCC1c1cc(CO)[nH]n1. The molecule has 0 radical (unpaired) electrons. The summed E-state index contributed by atoms with van der Waals surface area (Å²) in [5, 5.41) is 16.1. The molecule has 5 nitrogen and oxygen atoms in total. The van der Waals surface area contributed by atoms with Crippen LogP contribution in [0.15, 0.2) is 6.07 Å². The number of aromatic amines is 1. The smallest absolute Gasteiger partial charge is 0.225 e. The molecule has 1 saturated heterocycles. The van der Waals surface area contributed by atoms with E-state index in [0.29, 0.717) is 5.69 Å². The molecule has 2 heterocycles. The molecule has 0 saturated carbocycles. The zero-order chi connectivity index (χ0) is 13.1. The van der Waals surface area contributed by atoms with Gasteiger partial charge < -0.3 is 10.0 Å². The number of H-pyrrole nitrogens is 1. The molecule has 1 atom stereocenters. The fourth-order valence-corrected chi connectivity index (χ4v) is 2.47. The van der Waals surface area contributed by atoms with Crippen molar-refractivity contribution in [2.45, 2.75) is 45.8 Å². The molecular formula is C13H21N3O2. The van der Waals surface area contributed by atoms with Crippen LogP contribution in [0.3, 0.4) is 0 Å². The molecule has 1 aliphatic heterocycles. The first kappa shape index (κ1) is 13.1. The van der Waals surface area contributed by atoms with Crippen molar-refractivity contribution in [1.29, 1.82) is 0 Å². The van der Waals surface area contributed by atoms with Gasteiger partial charge in [0.15, 0.2) is 0 Å². The Morgan fingerprint density at radius 1 is 1.61 bits per heavy atom. The number of amides is 1. The molecular weight excluding hydrogens is 230 g/mol. The van der Waals surface area contributed by atoms with Crippen molar-refractivity contribution < 1.29 is 9.90 Å². The highest BCUT2D eigenvalue weighted by Crippen LogP contribution is 2.31. The maximum atomic E-state index is 12.2. The highest BCUT2D eigenvalue weighted by molar-refractivity contribution is 5.78. The topological polar surface area (TPSA) is 69.2 Å². The van der Waals surface area contributed by atoms with Gasteiger partial charge in [0.1, 0.15) is 0 Å². The van der Waals surface area contributed by atoms with E-state index in [-0.39, 0.29) is 24.5 Å². The van der Waals surface area contributed by atoms with E-state index in [9.17, 15) is 4.79 Å². The summed E-state index contributed by atoms with van der Waals surface area (Å²) in [4.78, 5) is 14.1. The first-order valence-corrected chi connectivity index (χ1v) is 6.59. The van der Waals surface area contributed by atoms with Gasteiger partial charge in [-0.1, -0.05) is 13.8 Å². The third-order valence-corrected chi connectivity index (χ3v) is 3.44. The lowest BCUT2D eigenvalue weighted by molar-refractivity contribution is -0.138. The molecule has 1 unspecified atom stereocenters. The fourth-order valence-electron chi connectivity index (χ4n) is 2.47. The largest absolute Gasteiger partial charge is 0.390 e. The standard InChI is InChI=1S/C13H21N3O2/c1-9(2)13(18)16-6-4-3-5-12(16)11-7-10(8-17)14-15-11/h7,9,12,17H,3-6,8H2,1-2H3,(H,14,15). The number of aliphatic hydroxyl groups excluding tert-OH is 1. The lowest BCUT2D eigenvalue weighted by Gasteiger charge is -2.35. The molecule has 1 fully saturated rings. The summed E-state index contributed by atoms with van der Waals surface area (Å²) >= 11 is 0. The second kappa shape index (κ2) is 5.52. The third kappa shape index (κ3) is 2.56. The Kier molecular flexibility index (Phi) is 4.01. The molecule has 0 aliphatic carbocycles. The van der Waals surface area contributed by atoms with Crippen LogP contribution in [0.1, 0.15) is 50.5 Å². The van der Waals surface area contributed by atoms with E-state index < -0.39 is 0 Å². The Morgan fingerprint density at radius 2 is 2.39 bits per heavy atom. The van der Waals surface area contributed by atoms with Crippen LogP contribution in [-0.4, -0.2) is 32.7 Å². The summed E-state index contributed by atoms with van der Waals surface area (Å²) in [6.07, 6.45) is 3.13.